The molecule has 5 saturated carbocycles. The first-order valence-corrected chi connectivity index (χ1v) is 11.8. The standard InChI is InChI=1S/C23H36N2O4/c1-20(2,24)13-25-19(26)7-14-3-5-22(6-4-14)27-23(29-28-22)17-9-15-8-16-10-18(23)12-21(15,16)11-17/h14-18H,3-13,24H2,1-2H3,(H,25,26). The molecule has 4 atom stereocenters. The van der Waals surface area contributed by atoms with Crippen LogP contribution < -0.4 is 11.1 Å². The number of rotatable bonds is 4. The van der Waals surface area contributed by atoms with Gasteiger partial charge in [-0.15, -0.1) is 0 Å². The zero-order chi connectivity index (χ0) is 20.1. The van der Waals surface area contributed by atoms with E-state index >= 15 is 0 Å². The number of carbonyl (C=O) groups is 1. The number of carbonyl (C=O) groups excluding carboxylic acids is 1. The van der Waals surface area contributed by atoms with E-state index in [1.54, 1.807) is 0 Å². The number of ether oxygens (including phenoxy) is 1. The molecule has 6 aliphatic rings. The molecule has 0 aromatic rings. The molecule has 29 heavy (non-hydrogen) atoms. The van der Waals surface area contributed by atoms with Crippen LogP contribution in [-0.4, -0.2) is 29.6 Å². The summed E-state index contributed by atoms with van der Waals surface area (Å²) in [6, 6.07) is 0. The summed E-state index contributed by atoms with van der Waals surface area (Å²) in [6.45, 7) is 4.36. The van der Waals surface area contributed by atoms with E-state index in [1.165, 1.54) is 32.1 Å². The summed E-state index contributed by atoms with van der Waals surface area (Å²) in [6.07, 6.45) is 10.7. The van der Waals surface area contributed by atoms with Crippen molar-refractivity contribution < 1.29 is 19.3 Å². The number of fused-ring (bicyclic) bond motifs is 4. The molecule has 0 aromatic heterocycles. The van der Waals surface area contributed by atoms with Crippen LogP contribution in [0.3, 0.4) is 0 Å². The maximum Gasteiger partial charge on any atom is 0.220 e. The van der Waals surface area contributed by atoms with E-state index in [-0.39, 0.29) is 11.4 Å². The molecule has 1 heterocycles. The van der Waals surface area contributed by atoms with Gasteiger partial charge >= 0.3 is 0 Å². The second-order valence-corrected chi connectivity index (χ2v) is 11.9. The number of amides is 1. The second-order valence-electron chi connectivity index (χ2n) is 11.9. The van der Waals surface area contributed by atoms with Crippen molar-refractivity contribution in [2.75, 3.05) is 6.54 Å². The molecule has 6 heteroatoms. The summed E-state index contributed by atoms with van der Waals surface area (Å²) in [7, 11) is 0. The van der Waals surface area contributed by atoms with Gasteiger partial charge in [-0.1, -0.05) is 0 Å². The maximum atomic E-state index is 12.3. The molecule has 3 N–H and O–H groups in total. The van der Waals surface area contributed by atoms with Crippen molar-refractivity contribution in [2.24, 2.45) is 40.7 Å². The van der Waals surface area contributed by atoms with Gasteiger partial charge in [0.25, 0.3) is 0 Å². The molecule has 0 radical (unpaired) electrons. The van der Waals surface area contributed by atoms with E-state index in [1.807, 2.05) is 13.8 Å². The summed E-state index contributed by atoms with van der Waals surface area (Å²) in [4.78, 5) is 24.5. The summed E-state index contributed by atoms with van der Waals surface area (Å²) >= 11 is 0. The van der Waals surface area contributed by atoms with Crippen LogP contribution in [0.15, 0.2) is 0 Å². The second kappa shape index (κ2) is 5.96. The quantitative estimate of drug-likeness (QED) is 0.703. The van der Waals surface area contributed by atoms with Crippen LogP contribution in [0, 0.1) is 35.0 Å². The molecule has 1 amide bonds. The minimum Gasteiger partial charge on any atom is -0.354 e. The highest BCUT2D eigenvalue weighted by Gasteiger charge is 2.77. The van der Waals surface area contributed by atoms with Crippen LogP contribution in [0.2, 0.25) is 0 Å². The molecular formula is C23H36N2O4. The Morgan fingerprint density at radius 1 is 1.03 bits per heavy atom. The molecule has 1 saturated heterocycles. The van der Waals surface area contributed by atoms with Gasteiger partial charge < -0.3 is 15.8 Å². The fraction of sp³-hybridized carbons (Fsp3) is 0.957. The molecular weight excluding hydrogens is 368 g/mol. The van der Waals surface area contributed by atoms with Crippen LogP contribution >= 0.6 is 0 Å². The molecule has 3 bridgehead atoms. The van der Waals surface area contributed by atoms with E-state index in [2.05, 4.69) is 5.32 Å². The van der Waals surface area contributed by atoms with E-state index in [0.29, 0.717) is 36.1 Å². The largest absolute Gasteiger partial charge is 0.354 e. The Labute approximate surface area is 173 Å². The molecule has 6 rings (SSSR count). The van der Waals surface area contributed by atoms with Gasteiger partial charge in [0.05, 0.1) is 0 Å². The highest BCUT2D eigenvalue weighted by Crippen LogP contribution is 2.79. The third kappa shape index (κ3) is 2.71. The van der Waals surface area contributed by atoms with Crippen molar-refractivity contribution in [2.45, 2.75) is 95.2 Å². The minimum atomic E-state index is -0.582. The Bertz CT molecular complexity index is 684. The van der Waals surface area contributed by atoms with Gasteiger partial charge in [-0.3, -0.25) is 4.79 Å². The topological polar surface area (TPSA) is 82.8 Å². The highest BCUT2D eigenvalue weighted by atomic mass is 17.3. The lowest BCUT2D eigenvalue weighted by atomic mass is 9.56. The van der Waals surface area contributed by atoms with Crippen molar-refractivity contribution in [3.05, 3.63) is 0 Å². The molecule has 6 fully saturated rings. The zero-order valence-electron chi connectivity index (χ0n) is 17.9. The van der Waals surface area contributed by atoms with Crippen LogP contribution in [0.25, 0.3) is 0 Å². The van der Waals surface area contributed by atoms with E-state index in [0.717, 1.165) is 37.5 Å². The van der Waals surface area contributed by atoms with Gasteiger partial charge in [0.2, 0.25) is 17.5 Å². The zero-order valence-corrected chi connectivity index (χ0v) is 17.9. The first kappa shape index (κ1) is 19.0. The summed E-state index contributed by atoms with van der Waals surface area (Å²) in [5.41, 5.74) is 6.24. The van der Waals surface area contributed by atoms with E-state index < -0.39 is 11.6 Å². The fourth-order valence-corrected chi connectivity index (χ4v) is 8.05. The number of nitrogens with one attached hydrogen (secondary N) is 1. The molecule has 1 aliphatic heterocycles. The third-order valence-electron chi connectivity index (χ3n) is 9.48. The van der Waals surface area contributed by atoms with Crippen molar-refractivity contribution in [3.8, 4) is 0 Å². The van der Waals surface area contributed by atoms with E-state index in [9.17, 15) is 4.79 Å². The smallest absolute Gasteiger partial charge is 0.220 e. The Kier molecular flexibility index (Phi) is 3.91. The van der Waals surface area contributed by atoms with Gasteiger partial charge in [0.1, 0.15) is 0 Å². The predicted octanol–water partition coefficient (Wildman–Crippen LogP) is 3.25. The first-order chi connectivity index (χ1) is 13.7. The van der Waals surface area contributed by atoms with Gasteiger partial charge in [0.15, 0.2) is 0 Å². The summed E-state index contributed by atoms with van der Waals surface area (Å²) in [5, 5.41) is 2.97. The first-order valence-electron chi connectivity index (χ1n) is 11.8. The van der Waals surface area contributed by atoms with Gasteiger partial charge in [-0.2, -0.15) is 9.78 Å². The van der Waals surface area contributed by atoms with Crippen LogP contribution in [0.4, 0.5) is 0 Å². The van der Waals surface area contributed by atoms with Crippen molar-refractivity contribution in [1.82, 2.24) is 5.32 Å². The SMILES string of the molecule is CC(C)(N)CNC(=O)CC1CCC2(CC1)OOC1(O2)C2CC3CC4CC1CC34C2. The van der Waals surface area contributed by atoms with Crippen molar-refractivity contribution >= 4 is 5.91 Å². The van der Waals surface area contributed by atoms with Gasteiger partial charge in [-0.25, -0.2) is 0 Å². The summed E-state index contributed by atoms with van der Waals surface area (Å²) in [5.74, 6) is 2.28. The molecule has 162 valence electrons. The molecule has 4 unspecified atom stereocenters. The number of nitrogens with two attached hydrogens (primary N) is 1. The van der Waals surface area contributed by atoms with Crippen LogP contribution in [0.1, 0.15) is 78.1 Å². The lowest BCUT2D eigenvalue weighted by Crippen LogP contribution is -2.50. The van der Waals surface area contributed by atoms with Crippen LogP contribution in [-0.2, 0) is 19.3 Å². The predicted molar refractivity (Wildman–Crippen MR) is 106 cm³/mol. The highest BCUT2D eigenvalue weighted by molar-refractivity contribution is 5.76. The van der Waals surface area contributed by atoms with Crippen molar-refractivity contribution in [1.29, 1.82) is 0 Å². The third-order valence-corrected chi connectivity index (χ3v) is 9.48. The average Bonchev–Trinajstić information content (AvgIpc) is 3.24. The maximum absolute atomic E-state index is 12.3. The lowest BCUT2D eigenvalue weighted by Gasteiger charge is -2.49. The molecule has 0 aromatic carbocycles. The van der Waals surface area contributed by atoms with Crippen LogP contribution in [0.5, 0.6) is 0 Å². The minimum absolute atomic E-state index is 0.102. The number of hydrogen-bond donors (Lipinski definition) is 2. The molecule has 5 aliphatic carbocycles. The normalized spacial score (nSPS) is 52.2. The lowest BCUT2D eigenvalue weighted by molar-refractivity contribution is -0.375. The fourth-order valence-electron chi connectivity index (χ4n) is 8.05. The molecule has 3 spiro atoms. The average molecular weight is 405 g/mol. The monoisotopic (exact) mass is 404 g/mol. The Balaban J connectivity index is 1.07. The van der Waals surface area contributed by atoms with Gasteiger partial charge in [-0.05, 0) is 82.0 Å². The van der Waals surface area contributed by atoms with E-state index in [4.69, 9.17) is 20.2 Å². The summed E-state index contributed by atoms with van der Waals surface area (Å²) < 4.78 is 6.83. The number of hydrogen-bond acceptors (Lipinski definition) is 5. The Morgan fingerprint density at radius 2 is 1.66 bits per heavy atom. The molecule has 6 nitrogen and oxygen atoms in total. The Hall–Kier alpha value is -0.690. The van der Waals surface area contributed by atoms with Crippen molar-refractivity contribution in [3.63, 3.8) is 0 Å². The Morgan fingerprint density at radius 3 is 2.28 bits per heavy atom. The van der Waals surface area contributed by atoms with Gasteiger partial charge in [0, 0.05) is 43.2 Å².